The molecule has 1 radical (unpaired) electrons. The Morgan fingerprint density at radius 2 is 1.73 bits per heavy atom. The molecular formula is C8H10IOSi. The minimum Gasteiger partial charge on any atom is -0.543 e. The third-order valence-electron chi connectivity index (χ3n) is 1.14. The third kappa shape index (κ3) is 3.24. The summed E-state index contributed by atoms with van der Waals surface area (Å²) in [5.41, 5.74) is 0. The van der Waals surface area contributed by atoms with E-state index >= 15 is 0 Å². The summed E-state index contributed by atoms with van der Waals surface area (Å²) in [6.07, 6.45) is 0. The molecule has 0 aliphatic carbocycles. The highest BCUT2D eigenvalue weighted by Gasteiger charge is 1.98. The average molecular weight is 277 g/mol. The number of benzene rings is 1. The van der Waals surface area contributed by atoms with E-state index in [9.17, 15) is 0 Å². The summed E-state index contributed by atoms with van der Waals surface area (Å²) in [7, 11) is -0.602. The van der Waals surface area contributed by atoms with Crippen LogP contribution in [0.1, 0.15) is 0 Å². The fourth-order valence-corrected chi connectivity index (χ4v) is 1.71. The number of rotatable bonds is 2. The smallest absolute Gasteiger partial charge is 0.274 e. The van der Waals surface area contributed by atoms with Gasteiger partial charge in [0.2, 0.25) is 0 Å². The molecule has 1 aromatic carbocycles. The van der Waals surface area contributed by atoms with Gasteiger partial charge in [0.1, 0.15) is 5.75 Å². The summed E-state index contributed by atoms with van der Waals surface area (Å²) >= 11 is 2.28. The van der Waals surface area contributed by atoms with Crippen LogP contribution in [0.3, 0.4) is 0 Å². The Labute approximate surface area is 82.6 Å². The Morgan fingerprint density at radius 1 is 1.18 bits per heavy atom. The first kappa shape index (κ1) is 9.06. The molecule has 0 spiro atoms. The second-order valence-electron chi connectivity index (χ2n) is 2.46. The maximum atomic E-state index is 5.57. The molecule has 0 saturated carbocycles. The van der Waals surface area contributed by atoms with Gasteiger partial charge in [0.05, 0.1) is 0 Å². The Morgan fingerprint density at radius 3 is 2.18 bits per heavy atom. The minimum atomic E-state index is -0.602. The van der Waals surface area contributed by atoms with Gasteiger partial charge in [-0.1, -0.05) is 0 Å². The van der Waals surface area contributed by atoms with Crippen LogP contribution in [0.5, 0.6) is 5.75 Å². The molecule has 0 bridgehead atoms. The zero-order valence-electron chi connectivity index (χ0n) is 6.60. The molecule has 0 fully saturated rings. The lowest BCUT2D eigenvalue weighted by molar-refractivity contribution is 0.580. The summed E-state index contributed by atoms with van der Waals surface area (Å²) in [5.74, 6) is 0.990. The van der Waals surface area contributed by atoms with Gasteiger partial charge in [-0.15, -0.1) is 0 Å². The first-order valence-electron chi connectivity index (χ1n) is 3.42. The largest absolute Gasteiger partial charge is 0.543 e. The van der Waals surface area contributed by atoms with Crippen LogP contribution in [0.25, 0.3) is 0 Å². The highest BCUT2D eigenvalue weighted by atomic mass is 127. The van der Waals surface area contributed by atoms with Crippen LogP contribution in [0.2, 0.25) is 13.1 Å². The second-order valence-corrected chi connectivity index (χ2v) is 5.73. The van der Waals surface area contributed by atoms with Gasteiger partial charge in [0, 0.05) is 3.57 Å². The van der Waals surface area contributed by atoms with Crippen LogP contribution in [-0.2, 0) is 0 Å². The van der Waals surface area contributed by atoms with Crippen molar-refractivity contribution < 1.29 is 4.43 Å². The molecule has 0 N–H and O–H groups in total. The maximum absolute atomic E-state index is 5.57. The zero-order valence-corrected chi connectivity index (χ0v) is 9.75. The molecule has 0 aliphatic heterocycles. The first-order valence-corrected chi connectivity index (χ1v) is 6.91. The molecule has 0 saturated heterocycles. The van der Waals surface area contributed by atoms with Crippen molar-refractivity contribution in [3.63, 3.8) is 0 Å². The Kier molecular flexibility index (Phi) is 3.38. The molecule has 0 amide bonds. The molecule has 0 heterocycles. The molecule has 0 unspecified atom stereocenters. The van der Waals surface area contributed by atoms with Gasteiger partial charge in [-0.25, -0.2) is 0 Å². The number of hydrogen-bond donors (Lipinski definition) is 0. The Balaban J connectivity index is 2.66. The lowest BCUT2D eigenvalue weighted by atomic mass is 10.3. The molecule has 11 heavy (non-hydrogen) atoms. The lowest BCUT2D eigenvalue weighted by Gasteiger charge is -2.07. The van der Waals surface area contributed by atoms with E-state index in [1.165, 1.54) is 3.57 Å². The van der Waals surface area contributed by atoms with Gasteiger partial charge in [-0.05, 0) is 60.0 Å². The third-order valence-corrected chi connectivity index (χ3v) is 2.50. The van der Waals surface area contributed by atoms with Crippen LogP contribution in [0.4, 0.5) is 0 Å². The topological polar surface area (TPSA) is 9.23 Å². The van der Waals surface area contributed by atoms with E-state index in [-0.39, 0.29) is 0 Å². The van der Waals surface area contributed by atoms with Crippen LogP contribution >= 0.6 is 22.6 Å². The predicted molar refractivity (Wildman–Crippen MR) is 57.3 cm³/mol. The van der Waals surface area contributed by atoms with Crippen LogP contribution in [0.15, 0.2) is 24.3 Å². The summed E-state index contributed by atoms with van der Waals surface area (Å²) in [4.78, 5) is 0. The van der Waals surface area contributed by atoms with Crippen molar-refractivity contribution in [3.05, 3.63) is 27.8 Å². The quantitative estimate of drug-likeness (QED) is 0.596. The molecule has 0 aromatic heterocycles. The van der Waals surface area contributed by atoms with E-state index in [2.05, 4.69) is 47.8 Å². The van der Waals surface area contributed by atoms with Crippen molar-refractivity contribution in [2.75, 3.05) is 0 Å². The standard InChI is InChI=1S/C8H10IOSi/c1-11(2)10-8-5-3-7(9)4-6-8/h3-6H,1-2H3. The van der Waals surface area contributed by atoms with Crippen molar-refractivity contribution in [3.8, 4) is 5.75 Å². The van der Waals surface area contributed by atoms with E-state index in [0.717, 1.165) is 5.75 Å². The SMILES string of the molecule is C[Si](C)Oc1ccc(I)cc1. The van der Waals surface area contributed by atoms with Gasteiger partial charge >= 0.3 is 0 Å². The van der Waals surface area contributed by atoms with Gasteiger partial charge in [0.15, 0.2) is 0 Å². The van der Waals surface area contributed by atoms with E-state index in [1.807, 2.05) is 12.1 Å². The van der Waals surface area contributed by atoms with E-state index in [1.54, 1.807) is 0 Å². The van der Waals surface area contributed by atoms with Crippen LogP contribution in [-0.4, -0.2) is 9.04 Å². The summed E-state index contributed by atoms with van der Waals surface area (Å²) in [6.45, 7) is 4.26. The molecule has 3 heteroatoms. The minimum absolute atomic E-state index is 0.602. The molecule has 1 nitrogen and oxygen atoms in total. The van der Waals surface area contributed by atoms with Crippen molar-refractivity contribution in [2.45, 2.75) is 13.1 Å². The van der Waals surface area contributed by atoms with E-state index in [4.69, 9.17) is 4.43 Å². The molecule has 59 valence electrons. The highest BCUT2D eigenvalue weighted by Crippen LogP contribution is 2.13. The normalized spacial score (nSPS) is 10.2. The molecule has 0 atom stereocenters. The Hall–Kier alpha value is -0.0331. The van der Waals surface area contributed by atoms with Gasteiger partial charge in [0.25, 0.3) is 9.04 Å². The van der Waals surface area contributed by atoms with Gasteiger partial charge in [-0.2, -0.15) is 0 Å². The molecule has 1 aromatic rings. The van der Waals surface area contributed by atoms with Crippen molar-refractivity contribution in [1.82, 2.24) is 0 Å². The van der Waals surface area contributed by atoms with Crippen molar-refractivity contribution in [2.24, 2.45) is 0 Å². The van der Waals surface area contributed by atoms with Crippen LogP contribution in [0, 0.1) is 3.57 Å². The number of halogens is 1. The zero-order chi connectivity index (χ0) is 8.27. The molecule has 0 aliphatic rings. The fourth-order valence-electron chi connectivity index (χ4n) is 0.738. The summed E-state index contributed by atoms with van der Waals surface area (Å²) in [5, 5.41) is 0. The Bertz CT molecular complexity index is 220. The molecular weight excluding hydrogens is 267 g/mol. The van der Waals surface area contributed by atoms with E-state index in [0.29, 0.717) is 0 Å². The summed E-state index contributed by atoms with van der Waals surface area (Å²) in [6, 6.07) is 8.14. The molecule has 1 rings (SSSR count). The predicted octanol–water partition coefficient (Wildman–Crippen LogP) is 2.92. The highest BCUT2D eigenvalue weighted by molar-refractivity contribution is 14.1. The van der Waals surface area contributed by atoms with Gasteiger partial charge in [-0.3, -0.25) is 0 Å². The average Bonchev–Trinajstić information content (AvgIpc) is 1.93. The second kappa shape index (κ2) is 4.11. The fraction of sp³-hybridized carbons (Fsp3) is 0.250. The van der Waals surface area contributed by atoms with Crippen molar-refractivity contribution in [1.29, 1.82) is 0 Å². The van der Waals surface area contributed by atoms with Crippen molar-refractivity contribution >= 4 is 31.6 Å². The van der Waals surface area contributed by atoms with Crippen LogP contribution < -0.4 is 4.43 Å². The maximum Gasteiger partial charge on any atom is 0.274 e. The first-order chi connectivity index (χ1) is 5.18. The van der Waals surface area contributed by atoms with Gasteiger partial charge < -0.3 is 4.43 Å². The van der Waals surface area contributed by atoms with E-state index < -0.39 is 9.04 Å². The monoisotopic (exact) mass is 277 g/mol. The summed E-state index contributed by atoms with van der Waals surface area (Å²) < 4.78 is 6.81. The lowest BCUT2D eigenvalue weighted by Crippen LogP contribution is -2.10. The number of hydrogen-bond acceptors (Lipinski definition) is 1.